The molecule has 1 atom stereocenters. The van der Waals surface area contributed by atoms with Crippen LogP contribution in [0.25, 0.3) is 0 Å². The number of carbonyl (C=O) groups is 1. The Bertz CT molecular complexity index is 1820. The van der Waals surface area contributed by atoms with Gasteiger partial charge in [-0.1, -0.05) is 6.07 Å². The summed E-state index contributed by atoms with van der Waals surface area (Å²) in [5.74, 6) is 0.0359. The first-order valence-electron chi connectivity index (χ1n) is 19.0. The molecule has 0 radical (unpaired) electrons. The standard InChI is InChI=1S/C14H22BNO3.C11H22B2O4.C8H10BrNO.C7H6BrNO.CH3.BrH.FH.Mg/c1-12(2,17)10-7-11(9-16-8-10)15-18-13(3,4)14(5,6)19-15;1-8-9(2,3)15-12(14-8)13-16-10(4,5)11(6,7)17-13;1-8(2,11)6-3-7(9)5-10-4-6;1-5(10)6-2-7(8)4-9-3-6;;;;/h7-9,17H,1-6H3;8H,1-7H3;3-5,11H,1-2H3;2-4H,1H3;1H3;2*1H;/q;;;;-1;;;+2/p-1. The molecular formula is C41H64B3Br3FMgN3O9. The molecule has 0 saturated carbocycles. The van der Waals surface area contributed by atoms with Crippen LogP contribution in [0.2, 0.25) is 0 Å². The van der Waals surface area contributed by atoms with Crippen molar-refractivity contribution in [3.8, 4) is 0 Å². The predicted octanol–water partition coefficient (Wildman–Crippen LogP) is 4.81. The summed E-state index contributed by atoms with van der Waals surface area (Å²) in [4.78, 5) is 22.7. The topological polar surface area (TPSA) is 152 Å². The number of pyridine rings is 3. The second-order valence-electron chi connectivity index (χ2n) is 18.0. The van der Waals surface area contributed by atoms with E-state index in [-0.39, 0.29) is 92.1 Å². The largest absolute Gasteiger partial charge is 2.00 e. The molecule has 12 nitrogen and oxygen atoms in total. The number of carbonyl (C=O) groups excluding carboxylic acids is 1. The van der Waals surface area contributed by atoms with Crippen molar-refractivity contribution in [2.75, 3.05) is 0 Å². The van der Waals surface area contributed by atoms with E-state index in [0.29, 0.717) is 5.56 Å². The van der Waals surface area contributed by atoms with Gasteiger partial charge in [0, 0.05) is 68.3 Å². The quantitative estimate of drug-likeness (QED) is 0.205. The van der Waals surface area contributed by atoms with Gasteiger partial charge in [-0.15, -0.1) is 0 Å². The van der Waals surface area contributed by atoms with E-state index in [9.17, 15) is 15.0 Å². The maximum absolute atomic E-state index is 10.7. The van der Waals surface area contributed by atoms with Crippen LogP contribution < -0.4 is 22.4 Å². The van der Waals surface area contributed by atoms with Gasteiger partial charge in [0.05, 0.1) is 45.3 Å². The Kier molecular flexibility index (Phi) is 24.0. The molecule has 3 saturated heterocycles. The van der Waals surface area contributed by atoms with Crippen molar-refractivity contribution in [3.63, 3.8) is 0 Å². The summed E-state index contributed by atoms with van der Waals surface area (Å²) in [6, 6.07) is 5.48. The molecule has 1 unspecified atom stereocenters. The van der Waals surface area contributed by atoms with Gasteiger partial charge in [-0.05, 0) is 155 Å². The maximum atomic E-state index is 10.7. The summed E-state index contributed by atoms with van der Waals surface area (Å²) in [5.41, 5.74) is -0.442. The molecule has 0 aromatic carbocycles. The molecule has 3 fully saturated rings. The summed E-state index contributed by atoms with van der Waals surface area (Å²) in [5, 5.41) is 19.6. The number of rotatable bonds is 5. The van der Waals surface area contributed by atoms with Crippen LogP contribution in [0.3, 0.4) is 0 Å². The predicted molar refractivity (Wildman–Crippen MR) is 247 cm³/mol. The van der Waals surface area contributed by atoms with Crippen LogP contribution in [-0.2, 0) is 39.1 Å². The summed E-state index contributed by atoms with van der Waals surface area (Å²) < 4.78 is 37.1. The Hall–Kier alpha value is -0.869. The second kappa shape index (κ2) is 23.5. The number of aliphatic hydroxyl groups is 2. The number of aromatic nitrogens is 3. The molecule has 3 aliphatic rings. The van der Waals surface area contributed by atoms with Crippen LogP contribution in [0, 0.1) is 7.43 Å². The van der Waals surface area contributed by atoms with E-state index in [1.165, 1.54) is 6.92 Å². The van der Waals surface area contributed by atoms with Gasteiger partial charge in [0.15, 0.2) is 5.78 Å². The SMILES string of the molecule is CC(=O)c1cncc(Br)c1.CC(C)(O)c1cncc(B2OC(C)(C)C(C)(C)O2)c1.CC(C)(O)c1cncc(Br)c1.CC1OB(B2OC(C)(C)C(C)(C)O2)OC1(C)C.F.[Br-].[CH3-].[Mg+2]. The van der Waals surface area contributed by atoms with Crippen molar-refractivity contribution >= 4 is 87.3 Å². The first-order chi connectivity index (χ1) is 25.8. The van der Waals surface area contributed by atoms with Gasteiger partial charge >= 0.3 is 44.2 Å². The fourth-order valence-electron chi connectivity index (χ4n) is 5.16. The summed E-state index contributed by atoms with van der Waals surface area (Å²) in [6.07, 6.45) is 9.96. The van der Waals surface area contributed by atoms with Crippen LogP contribution in [-0.4, -0.2) is 109 Å². The molecule has 336 valence electrons. The Labute approximate surface area is 408 Å². The summed E-state index contributed by atoms with van der Waals surface area (Å²) >= 11 is 6.50. The fourth-order valence-corrected chi connectivity index (χ4v) is 5.89. The van der Waals surface area contributed by atoms with Crippen LogP contribution in [0.15, 0.2) is 64.3 Å². The zero-order valence-electron chi connectivity index (χ0n) is 38.8. The molecule has 3 aromatic rings. The fraction of sp³-hybridized carbons (Fsp3) is 0.585. The van der Waals surface area contributed by atoms with E-state index in [1.54, 1.807) is 70.9 Å². The molecule has 0 spiro atoms. The van der Waals surface area contributed by atoms with Crippen molar-refractivity contribution in [1.29, 1.82) is 0 Å². The van der Waals surface area contributed by atoms with Gasteiger partial charge in [0.25, 0.3) is 0 Å². The maximum Gasteiger partial charge on any atom is 2.00 e. The minimum atomic E-state index is -0.924. The van der Waals surface area contributed by atoms with E-state index in [4.69, 9.17) is 27.9 Å². The minimum Gasteiger partial charge on any atom is -1.00 e. The average Bonchev–Trinajstić information content (AvgIpc) is 3.57. The van der Waals surface area contributed by atoms with Gasteiger partial charge in [0.2, 0.25) is 0 Å². The third kappa shape index (κ3) is 17.1. The molecule has 0 aliphatic carbocycles. The smallest absolute Gasteiger partial charge is 1.00 e. The first-order valence-corrected chi connectivity index (χ1v) is 20.5. The van der Waals surface area contributed by atoms with Crippen LogP contribution in [0.1, 0.15) is 132 Å². The van der Waals surface area contributed by atoms with Crippen molar-refractivity contribution < 1.29 is 64.6 Å². The Balaban J connectivity index is 0. The van der Waals surface area contributed by atoms with E-state index >= 15 is 0 Å². The molecule has 2 N–H and O–H groups in total. The monoisotopic (exact) mass is 1060 g/mol. The number of nitrogens with zero attached hydrogens (tertiary/aromatic N) is 3. The van der Waals surface area contributed by atoms with E-state index in [1.807, 2.05) is 88.3 Å². The molecule has 3 aromatic heterocycles. The van der Waals surface area contributed by atoms with Crippen LogP contribution in [0.4, 0.5) is 4.70 Å². The van der Waals surface area contributed by atoms with E-state index in [0.717, 1.165) is 25.5 Å². The van der Waals surface area contributed by atoms with Crippen molar-refractivity contribution in [1.82, 2.24) is 15.0 Å². The van der Waals surface area contributed by atoms with Gasteiger partial charge in [-0.25, -0.2) is 0 Å². The Morgan fingerprint density at radius 2 is 1.05 bits per heavy atom. The average molecular weight is 1060 g/mol. The third-order valence-corrected chi connectivity index (χ3v) is 11.6. The summed E-state index contributed by atoms with van der Waals surface area (Å²) in [7, 11) is -1.34. The molecule has 0 bridgehead atoms. The van der Waals surface area contributed by atoms with Crippen molar-refractivity contribution in [2.45, 2.75) is 156 Å². The Morgan fingerprint density at radius 3 is 1.39 bits per heavy atom. The zero-order chi connectivity index (χ0) is 43.6. The van der Waals surface area contributed by atoms with Gasteiger partial charge in [0.1, 0.15) is 0 Å². The Morgan fingerprint density at radius 1 is 0.656 bits per heavy atom. The van der Waals surface area contributed by atoms with E-state index in [2.05, 4.69) is 46.8 Å². The molecule has 61 heavy (non-hydrogen) atoms. The molecule has 0 amide bonds. The van der Waals surface area contributed by atoms with Gasteiger partial charge < -0.3 is 62.5 Å². The van der Waals surface area contributed by atoms with Crippen molar-refractivity contribution in [3.05, 3.63) is 88.4 Å². The normalized spacial score (nSPS) is 20.0. The summed E-state index contributed by atoms with van der Waals surface area (Å²) in [6.45, 7) is 30.6. The van der Waals surface area contributed by atoms with Crippen molar-refractivity contribution in [2.24, 2.45) is 0 Å². The number of ketones is 1. The van der Waals surface area contributed by atoms with Gasteiger partial charge in [-0.3, -0.25) is 24.5 Å². The minimum absolute atomic E-state index is 0. The third-order valence-electron chi connectivity index (χ3n) is 10.7. The van der Waals surface area contributed by atoms with Crippen LogP contribution in [0.5, 0.6) is 0 Å². The van der Waals surface area contributed by atoms with E-state index < -0.39 is 32.3 Å². The molecule has 20 heteroatoms. The molecule has 3 aliphatic heterocycles. The number of hydrogen-bond donors (Lipinski definition) is 2. The number of hydrogen-bond acceptors (Lipinski definition) is 12. The zero-order valence-corrected chi connectivity index (χ0v) is 45.0. The number of halogens is 4. The molecule has 6 heterocycles. The molecule has 6 rings (SSSR count). The van der Waals surface area contributed by atoms with Crippen LogP contribution >= 0.6 is 31.9 Å². The molecular weight excluding hydrogens is 994 g/mol. The number of Topliss-reactive ketones (excluding diaryl/α,β-unsaturated/α-hetero) is 1. The first kappa shape index (κ1) is 62.2. The second-order valence-corrected chi connectivity index (χ2v) is 19.9. The van der Waals surface area contributed by atoms with Gasteiger partial charge in [-0.2, -0.15) is 0 Å².